The van der Waals surface area contributed by atoms with Crippen LogP contribution in [0.5, 0.6) is 0 Å². The molecule has 0 spiro atoms. The number of thioether (sulfide) groups is 1. The first-order valence-electron chi connectivity index (χ1n) is 10.7. The van der Waals surface area contributed by atoms with E-state index in [-0.39, 0.29) is 24.3 Å². The standard InChI is InChI=1S/C25H25ClN4O2S/c1-15(2)27-21(31)13-20-14-33-25-28-16(3)22(24(32)29-19-10-5-4-6-11-19)23(30(20)25)17-8-7-9-18(26)12-17/h4-12,14-15,23H,13H2,1-3H3,(H,27,31)(H,29,32)/t23-/m0/s1. The minimum atomic E-state index is -0.465. The Morgan fingerprint density at radius 1 is 1.15 bits per heavy atom. The van der Waals surface area contributed by atoms with Crippen LogP contribution in [0.2, 0.25) is 5.02 Å². The lowest BCUT2D eigenvalue weighted by Gasteiger charge is -2.36. The maximum absolute atomic E-state index is 13.5. The van der Waals surface area contributed by atoms with Gasteiger partial charge < -0.3 is 15.5 Å². The van der Waals surface area contributed by atoms with Crippen molar-refractivity contribution in [3.05, 3.63) is 87.6 Å². The smallest absolute Gasteiger partial charge is 0.255 e. The molecule has 33 heavy (non-hydrogen) atoms. The van der Waals surface area contributed by atoms with Crippen LogP contribution in [0.3, 0.4) is 0 Å². The van der Waals surface area contributed by atoms with Crippen molar-refractivity contribution in [1.29, 1.82) is 0 Å². The van der Waals surface area contributed by atoms with E-state index in [0.717, 1.165) is 16.4 Å². The zero-order valence-corrected chi connectivity index (χ0v) is 20.2. The molecule has 1 atom stereocenters. The van der Waals surface area contributed by atoms with E-state index in [1.165, 1.54) is 11.8 Å². The van der Waals surface area contributed by atoms with Crippen LogP contribution in [0.15, 0.2) is 82.0 Å². The van der Waals surface area contributed by atoms with Crippen molar-refractivity contribution in [1.82, 2.24) is 10.2 Å². The number of anilines is 1. The highest BCUT2D eigenvalue weighted by atomic mass is 35.5. The van der Waals surface area contributed by atoms with Gasteiger partial charge in [0.05, 0.1) is 23.7 Å². The molecule has 4 rings (SSSR count). The van der Waals surface area contributed by atoms with Crippen molar-refractivity contribution in [3.63, 3.8) is 0 Å². The van der Waals surface area contributed by atoms with Crippen LogP contribution in [-0.2, 0) is 9.59 Å². The number of nitrogens with one attached hydrogen (secondary N) is 2. The minimum absolute atomic E-state index is 0.0414. The maximum atomic E-state index is 13.5. The number of hydrogen-bond acceptors (Lipinski definition) is 5. The number of amidine groups is 1. The van der Waals surface area contributed by atoms with Gasteiger partial charge in [0.15, 0.2) is 5.17 Å². The highest BCUT2D eigenvalue weighted by molar-refractivity contribution is 8.16. The van der Waals surface area contributed by atoms with Crippen LogP contribution in [0.1, 0.15) is 38.8 Å². The molecule has 2 heterocycles. The number of nitrogens with zero attached hydrogens (tertiary/aromatic N) is 2. The van der Waals surface area contributed by atoms with Gasteiger partial charge in [-0.3, -0.25) is 9.59 Å². The maximum Gasteiger partial charge on any atom is 0.255 e. The van der Waals surface area contributed by atoms with Crippen LogP contribution >= 0.6 is 23.4 Å². The molecule has 8 heteroatoms. The molecule has 0 radical (unpaired) electrons. The van der Waals surface area contributed by atoms with E-state index in [9.17, 15) is 9.59 Å². The fourth-order valence-electron chi connectivity index (χ4n) is 3.91. The number of carbonyl (C=O) groups is 2. The summed E-state index contributed by atoms with van der Waals surface area (Å²) < 4.78 is 0. The predicted molar refractivity (Wildman–Crippen MR) is 135 cm³/mol. The van der Waals surface area contributed by atoms with Crippen LogP contribution in [0, 0.1) is 0 Å². The number of carbonyl (C=O) groups excluding carboxylic acids is 2. The Balaban J connectivity index is 1.74. The number of aliphatic imine (C=N–C) groups is 1. The molecular formula is C25H25ClN4O2S. The molecule has 0 unspecified atom stereocenters. The summed E-state index contributed by atoms with van der Waals surface area (Å²) in [5.74, 6) is -0.320. The van der Waals surface area contributed by atoms with Gasteiger partial charge >= 0.3 is 0 Å². The van der Waals surface area contributed by atoms with Gasteiger partial charge in [0.2, 0.25) is 5.91 Å². The number of benzene rings is 2. The molecule has 0 saturated carbocycles. The van der Waals surface area contributed by atoms with Crippen molar-refractivity contribution >= 4 is 46.0 Å². The zero-order chi connectivity index (χ0) is 23.5. The second-order valence-corrected chi connectivity index (χ2v) is 9.44. The lowest BCUT2D eigenvalue weighted by atomic mass is 9.93. The summed E-state index contributed by atoms with van der Waals surface area (Å²) in [6.07, 6.45) is 0.188. The first-order chi connectivity index (χ1) is 15.8. The molecule has 0 fully saturated rings. The van der Waals surface area contributed by atoms with E-state index in [1.54, 1.807) is 6.07 Å². The molecule has 0 aromatic heterocycles. The molecule has 2 aromatic carbocycles. The number of allylic oxidation sites excluding steroid dienone is 1. The average molecular weight is 481 g/mol. The molecular weight excluding hydrogens is 456 g/mol. The van der Waals surface area contributed by atoms with Gasteiger partial charge in [-0.05, 0) is 56.0 Å². The van der Waals surface area contributed by atoms with Gasteiger partial charge in [0.25, 0.3) is 5.91 Å². The molecule has 2 aliphatic rings. The Bertz CT molecular complexity index is 1170. The molecule has 2 N–H and O–H groups in total. The molecule has 0 bridgehead atoms. The third-order valence-corrected chi connectivity index (χ3v) is 6.36. The highest BCUT2D eigenvalue weighted by Crippen LogP contribution is 2.45. The lowest BCUT2D eigenvalue weighted by molar-refractivity contribution is -0.121. The van der Waals surface area contributed by atoms with Gasteiger partial charge in [-0.25, -0.2) is 4.99 Å². The minimum Gasteiger partial charge on any atom is -0.354 e. The monoisotopic (exact) mass is 480 g/mol. The van der Waals surface area contributed by atoms with Crippen molar-refractivity contribution in [3.8, 4) is 0 Å². The number of fused-ring (bicyclic) bond motifs is 1. The number of halogens is 1. The van der Waals surface area contributed by atoms with E-state index in [0.29, 0.717) is 22.0 Å². The third kappa shape index (κ3) is 5.15. The second kappa shape index (κ2) is 9.85. The summed E-state index contributed by atoms with van der Waals surface area (Å²) in [6.45, 7) is 5.69. The Hall–Kier alpha value is -3.03. The summed E-state index contributed by atoms with van der Waals surface area (Å²) >= 11 is 7.78. The number of rotatable bonds is 6. The van der Waals surface area contributed by atoms with Crippen LogP contribution < -0.4 is 10.6 Å². The first kappa shape index (κ1) is 23.1. The SMILES string of the molecule is CC1=C(C(=O)Nc2ccccc2)[C@H](c2cccc(Cl)c2)N2C(CC(=O)NC(C)C)=CSC2=N1. The van der Waals surface area contributed by atoms with Crippen molar-refractivity contribution in [2.75, 3.05) is 5.32 Å². The largest absolute Gasteiger partial charge is 0.354 e. The Labute approximate surface area is 202 Å². The van der Waals surface area contributed by atoms with Gasteiger partial charge in [-0.1, -0.05) is 53.7 Å². The van der Waals surface area contributed by atoms with Gasteiger partial charge in [-0.2, -0.15) is 0 Å². The Morgan fingerprint density at radius 3 is 2.61 bits per heavy atom. The molecule has 6 nitrogen and oxygen atoms in total. The van der Waals surface area contributed by atoms with Crippen molar-refractivity contribution in [2.24, 2.45) is 4.99 Å². The fraction of sp³-hybridized carbons (Fsp3) is 0.240. The molecule has 2 aliphatic heterocycles. The number of para-hydroxylation sites is 1. The molecule has 0 saturated heterocycles. The topological polar surface area (TPSA) is 73.8 Å². The predicted octanol–water partition coefficient (Wildman–Crippen LogP) is 5.47. The van der Waals surface area contributed by atoms with E-state index >= 15 is 0 Å². The Kier molecular flexibility index (Phi) is 6.91. The first-order valence-corrected chi connectivity index (χ1v) is 11.9. The summed E-state index contributed by atoms with van der Waals surface area (Å²) in [5, 5.41) is 9.17. The van der Waals surface area contributed by atoms with Crippen molar-refractivity contribution < 1.29 is 9.59 Å². The van der Waals surface area contributed by atoms with Gasteiger partial charge in [-0.15, -0.1) is 0 Å². The zero-order valence-electron chi connectivity index (χ0n) is 18.6. The van der Waals surface area contributed by atoms with Crippen LogP contribution in [0.4, 0.5) is 5.69 Å². The van der Waals surface area contributed by atoms with E-state index in [1.807, 2.05) is 79.6 Å². The third-order valence-electron chi connectivity index (χ3n) is 5.23. The summed E-state index contributed by atoms with van der Waals surface area (Å²) in [5.41, 5.74) is 3.49. The summed E-state index contributed by atoms with van der Waals surface area (Å²) in [6, 6.07) is 16.4. The molecule has 0 aliphatic carbocycles. The average Bonchev–Trinajstić information content (AvgIpc) is 3.14. The van der Waals surface area contributed by atoms with Gasteiger partial charge in [0, 0.05) is 22.4 Å². The normalized spacial score (nSPS) is 17.5. The number of hydrogen-bond donors (Lipinski definition) is 2. The quantitative estimate of drug-likeness (QED) is 0.575. The summed E-state index contributed by atoms with van der Waals surface area (Å²) in [7, 11) is 0. The lowest BCUT2D eigenvalue weighted by Crippen LogP contribution is -2.39. The van der Waals surface area contributed by atoms with Gasteiger partial charge in [0.1, 0.15) is 0 Å². The molecule has 2 amide bonds. The van der Waals surface area contributed by atoms with E-state index < -0.39 is 6.04 Å². The summed E-state index contributed by atoms with van der Waals surface area (Å²) in [4.78, 5) is 32.8. The highest BCUT2D eigenvalue weighted by Gasteiger charge is 2.40. The van der Waals surface area contributed by atoms with Crippen molar-refractivity contribution in [2.45, 2.75) is 39.3 Å². The number of amides is 2. The Morgan fingerprint density at radius 2 is 1.91 bits per heavy atom. The molecule has 170 valence electrons. The second-order valence-electron chi connectivity index (χ2n) is 8.17. The van der Waals surface area contributed by atoms with Crippen LogP contribution in [-0.4, -0.2) is 27.9 Å². The van der Waals surface area contributed by atoms with Crippen LogP contribution in [0.25, 0.3) is 0 Å². The molecule has 2 aromatic rings. The fourth-order valence-corrected chi connectivity index (χ4v) is 5.07. The van der Waals surface area contributed by atoms with E-state index in [2.05, 4.69) is 10.6 Å². The van der Waals surface area contributed by atoms with E-state index in [4.69, 9.17) is 16.6 Å².